The lowest BCUT2D eigenvalue weighted by molar-refractivity contribution is 0.102. The van der Waals surface area contributed by atoms with Crippen molar-refractivity contribution in [1.29, 1.82) is 0 Å². The molecule has 1 aromatic heterocycles. The van der Waals surface area contributed by atoms with E-state index in [1.807, 2.05) is 25.1 Å². The van der Waals surface area contributed by atoms with Crippen LogP contribution in [-0.2, 0) is 0 Å². The number of hydrogen-bond acceptors (Lipinski definition) is 6. The fourth-order valence-corrected chi connectivity index (χ4v) is 2.93. The summed E-state index contributed by atoms with van der Waals surface area (Å²) in [6.07, 6.45) is 3.20. The van der Waals surface area contributed by atoms with Crippen LogP contribution in [0.4, 0.5) is 11.5 Å². The van der Waals surface area contributed by atoms with Crippen LogP contribution in [0.25, 0.3) is 0 Å². The van der Waals surface area contributed by atoms with Crippen molar-refractivity contribution < 1.29 is 9.53 Å². The highest BCUT2D eigenvalue weighted by molar-refractivity contribution is 6.03. The molecule has 1 aromatic carbocycles. The quantitative estimate of drug-likeness (QED) is 0.857. The number of nitrogens with zero attached hydrogens (tertiary/aromatic N) is 4. The molecule has 1 saturated heterocycles. The van der Waals surface area contributed by atoms with Crippen molar-refractivity contribution in [2.75, 3.05) is 49.5 Å². The highest BCUT2D eigenvalue weighted by atomic mass is 16.5. The lowest BCUT2D eigenvalue weighted by Crippen LogP contribution is -2.46. The van der Waals surface area contributed by atoms with Gasteiger partial charge in [0.25, 0.3) is 5.91 Å². The number of nitrogens with one attached hydrogen (secondary N) is 1. The van der Waals surface area contributed by atoms with Crippen LogP contribution in [0.5, 0.6) is 5.75 Å². The molecule has 1 N–H and O–H groups in total. The molecule has 0 unspecified atom stereocenters. The van der Waals surface area contributed by atoms with Gasteiger partial charge in [0, 0.05) is 26.2 Å². The van der Waals surface area contributed by atoms with E-state index >= 15 is 0 Å². The highest BCUT2D eigenvalue weighted by Gasteiger charge is 2.18. The Labute approximate surface area is 154 Å². The monoisotopic (exact) mass is 355 g/mol. The molecule has 3 rings (SSSR count). The third kappa shape index (κ3) is 4.29. The number of aromatic nitrogens is 2. The number of piperazine rings is 1. The standard InChI is InChI=1S/C19H25N5O2/c1-3-23-9-11-24(12-10-23)18-14-20-16(13-21-18)19(25)22-15-7-5-6-8-17(15)26-4-2/h5-8,13-14H,3-4,9-12H2,1-2H3,(H,22,25). The molecule has 1 amide bonds. The van der Waals surface area contributed by atoms with Gasteiger partial charge in [0.1, 0.15) is 17.3 Å². The summed E-state index contributed by atoms with van der Waals surface area (Å²) in [5.74, 6) is 1.15. The van der Waals surface area contributed by atoms with E-state index < -0.39 is 0 Å². The maximum atomic E-state index is 12.5. The number of carbonyl (C=O) groups excluding carboxylic acids is 1. The zero-order valence-corrected chi connectivity index (χ0v) is 15.3. The molecular weight excluding hydrogens is 330 g/mol. The Hall–Kier alpha value is -2.67. The van der Waals surface area contributed by atoms with E-state index in [1.54, 1.807) is 12.3 Å². The lowest BCUT2D eigenvalue weighted by Gasteiger charge is -2.34. The average molecular weight is 355 g/mol. The Bertz CT molecular complexity index is 727. The number of hydrogen-bond donors (Lipinski definition) is 1. The summed E-state index contributed by atoms with van der Waals surface area (Å²) in [5.41, 5.74) is 0.910. The minimum Gasteiger partial charge on any atom is -0.492 e. The first-order valence-electron chi connectivity index (χ1n) is 9.03. The Morgan fingerprint density at radius 2 is 1.88 bits per heavy atom. The summed E-state index contributed by atoms with van der Waals surface area (Å²) < 4.78 is 5.53. The van der Waals surface area contributed by atoms with Crippen molar-refractivity contribution in [3.8, 4) is 5.75 Å². The fourth-order valence-electron chi connectivity index (χ4n) is 2.93. The van der Waals surface area contributed by atoms with E-state index in [0.29, 0.717) is 18.0 Å². The van der Waals surface area contributed by atoms with Crippen molar-refractivity contribution in [1.82, 2.24) is 14.9 Å². The van der Waals surface area contributed by atoms with Gasteiger partial charge in [0.2, 0.25) is 0 Å². The van der Waals surface area contributed by atoms with Crippen LogP contribution < -0.4 is 15.0 Å². The summed E-state index contributed by atoms with van der Waals surface area (Å²) in [6, 6.07) is 7.35. The van der Waals surface area contributed by atoms with Crippen LogP contribution in [0.1, 0.15) is 24.3 Å². The van der Waals surface area contributed by atoms with Crippen LogP contribution in [0.2, 0.25) is 0 Å². The Morgan fingerprint density at radius 1 is 1.12 bits per heavy atom. The Balaban J connectivity index is 1.64. The first-order valence-corrected chi connectivity index (χ1v) is 9.03. The second-order valence-corrected chi connectivity index (χ2v) is 6.06. The van der Waals surface area contributed by atoms with Gasteiger partial charge >= 0.3 is 0 Å². The minimum absolute atomic E-state index is 0.284. The summed E-state index contributed by atoms with van der Waals surface area (Å²) in [7, 11) is 0. The van der Waals surface area contributed by atoms with Gasteiger partial charge in [-0.1, -0.05) is 19.1 Å². The zero-order chi connectivity index (χ0) is 18.4. The smallest absolute Gasteiger partial charge is 0.275 e. The molecule has 0 bridgehead atoms. The molecule has 138 valence electrons. The Morgan fingerprint density at radius 3 is 2.54 bits per heavy atom. The van der Waals surface area contributed by atoms with Gasteiger partial charge in [-0.2, -0.15) is 0 Å². The van der Waals surface area contributed by atoms with Gasteiger partial charge in [-0.25, -0.2) is 9.97 Å². The molecule has 1 fully saturated rings. The predicted octanol–water partition coefficient (Wildman–Crippen LogP) is 2.27. The first kappa shape index (κ1) is 18.1. The number of anilines is 2. The number of amides is 1. The van der Waals surface area contributed by atoms with Gasteiger partial charge in [-0.15, -0.1) is 0 Å². The van der Waals surface area contributed by atoms with E-state index in [-0.39, 0.29) is 11.6 Å². The van der Waals surface area contributed by atoms with Crippen LogP contribution in [0.3, 0.4) is 0 Å². The molecule has 2 heterocycles. The van der Waals surface area contributed by atoms with Gasteiger partial charge in [0.05, 0.1) is 24.7 Å². The summed E-state index contributed by atoms with van der Waals surface area (Å²) in [6.45, 7) is 9.58. The summed E-state index contributed by atoms with van der Waals surface area (Å²) in [4.78, 5) is 25.8. The number of para-hydroxylation sites is 2. The van der Waals surface area contributed by atoms with Crippen LogP contribution in [0.15, 0.2) is 36.7 Å². The van der Waals surface area contributed by atoms with Crippen molar-refractivity contribution in [2.45, 2.75) is 13.8 Å². The Kier molecular flexibility index (Phi) is 6.01. The second kappa shape index (κ2) is 8.62. The molecule has 7 nitrogen and oxygen atoms in total. The summed E-state index contributed by atoms with van der Waals surface area (Å²) >= 11 is 0. The third-order valence-corrected chi connectivity index (χ3v) is 4.45. The number of benzene rings is 1. The van der Waals surface area contributed by atoms with E-state index in [0.717, 1.165) is 38.5 Å². The molecule has 26 heavy (non-hydrogen) atoms. The molecule has 1 aliphatic heterocycles. The SMILES string of the molecule is CCOc1ccccc1NC(=O)c1cnc(N2CCN(CC)CC2)cn1. The lowest BCUT2D eigenvalue weighted by atomic mass is 10.2. The van der Waals surface area contributed by atoms with E-state index in [9.17, 15) is 4.79 Å². The minimum atomic E-state index is -0.299. The van der Waals surface area contributed by atoms with Crippen LogP contribution in [0, 0.1) is 0 Å². The van der Waals surface area contributed by atoms with E-state index in [4.69, 9.17) is 4.74 Å². The normalized spacial score (nSPS) is 14.9. The molecule has 2 aromatic rings. The van der Waals surface area contributed by atoms with Gasteiger partial charge in [-0.05, 0) is 25.6 Å². The van der Waals surface area contributed by atoms with Crippen molar-refractivity contribution in [2.24, 2.45) is 0 Å². The molecule has 0 radical (unpaired) electrons. The molecule has 1 aliphatic rings. The molecular formula is C19H25N5O2. The van der Waals surface area contributed by atoms with Gasteiger partial charge in [-0.3, -0.25) is 4.79 Å². The average Bonchev–Trinajstić information content (AvgIpc) is 2.70. The molecule has 0 saturated carbocycles. The highest BCUT2D eigenvalue weighted by Crippen LogP contribution is 2.24. The van der Waals surface area contributed by atoms with Gasteiger partial charge < -0.3 is 19.9 Å². The third-order valence-electron chi connectivity index (χ3n) is 4.45. The largest absolute Gasteiger partial charge is 0.492 e. The van der Waals surface area contributed by atoms with Crippen LogP contribution >= 0.6 is 0 Å². The summed E-state index contributed by atoms with van der Waals surface area (Å²) in [5, 5.41) is 2.84. The number of carbonyl (C=O) groups is 1. The van der Waals surface area contributed by atoms with Gasteiger partial charge in [0.15, 0.2) is 0 Å². The van der Waals surface area contributed by atoms with E-state index in [2.05, 4.69) is 32.0 Å². The molecule has 0 atom stereocenters. The number of rotatable bonds is 6. The molecule has 7 heteroatoms. The maximum absolute atomic E-state index is 12.5. The fraction of sp³-hybridized carbons (Fsp3) is 0.421. The second-order valence-electron chi connectivity index (χ2n) is 6.06. The van der Waals surface area contributed by atoms with Crippen molar-refractivity contribution in [3.05, 3.63) is 42.4 Å². The van der Waals surface area contributed by atoms with Crippen molar-refractivity contribution >= 4 is 17.4 Å². The van der Waals surface area contributed by atoms with E-state index in [1.165, 1.54) is 6.20 Å². The number of ether oxygens (including phenoxy) is 1. The van der Waals surface area contributed by atoms with Crippen LogP contribution in [-0.4, -0.2) is 60.1 Å². The topological polar surface area (TPSA) is 70.6 Å². The number of likely N-dealkylation sites (N-methyl/N-ethyl adjacent to an activating group) is 1. The first-order chi connectivity index (χ1) is 12.7. The molecule has 0 aliphatic carbocycles. The predicted molar refractivity (Wildman–Crippen MR) is 102 cm³/mol. The zero-order valence-electron chi connectivity index (χ0n) is 15.3. The van der Waals surface area contributed by atoms with Crippen molar-refractivity contribution in [3.63, 3.8) is 0 Å². The maximum Gasteiger partial charge on any atom is 0.275 e. The molecule has 0 spiro atoms.